The molecule has 5 nitrogen and oxygen atoms in total. The van der Waals surface area contributed by atoms with Crippen LogP contribution in [0.5, 0.6) is 0 Å². The van der Waals surface area contributed by atoms with Gasteiger partial charge in [0.1, 0.15) is 5.82 Å². The van der Waals surface area contributed by atoms with Crippen molar-refractivity contribution in [1.29, 1.82) is 0 Å². The molecule has 2 aliphatic rings. The van der Waals surface area contributed by atoms with E-state index in [4.69, 9.17) is 0 Å². The first-order valence-corrected chi connectivity index (χ1v) is 10.1. The van der Waals surface area contributed by atoms with Crippen LogP contribution in [0.15, 0.2) is 61.2 Å². The van der Waals surface area contributed by atoms with E-state index in [1.807, 2.05) is 18.5 Å². The van der Waals surface area contributed by atoms with Gasteiger partial charge in [0, 0.05) is 55.9 Å². The van der Waals surface area contributed by atoms with Crippen LogP contribution in [-0.2, 0) is 11.3 Å². The highest BCUT2D eigenvalue weighted by molar-refractivity contribution is 5.81. The average molecular weight is 372 g/mol. The fourth-order valence-corrected chi connectivity index (χ4v) is 4.11. The Morgan fingerprint density at radius 1 is 1.00 bits per heavy atom. The van der Waals surface area contributed by atoms with Gasteiger partial charge in [0.15, 0.2) is 0 Å². The summed E-state index contributed by atoms with van der Waals surface area (Å²) in [6.07, 6.45) is 10.8. The van der Waals surface area contributed by atoms with Crippen LogP contribution in [0.1, 0.15) is 19.3 Å². The monoisotopic (exact) mass is 372 g/mol. The summed E-state index contributed by atoms with van der Waals surface area (Å²) in [6, 6.07) is 12.5. The number of rotatable bonds is 5. The van der Waals surface area contributed by atoms with Crippen molar-refractivity contribution in [3.05, 3.63) is 61.2 Å². The summed E-state index contributed by atoms with van der Waals surface area (Å²) in [6.45, 7) is 2.70. The van der Waals surface area contributed by atoms with Gasteiger partial charge in [-0.15, -0.1) is 0 Å². The maximum atomic E-state index is 12.3. The van der Waals surface area contributed by atoms with Crippen molar-refractivity contribution in [3.8, 4) is 22.5 Å². The second kappa shape index (κ2) is 7.23. The number of benzene rings is 1. The lowest BCUT2D eigenvalue weighted by molar-refractivity contribution is -0.131. The fourth-order valence-electron chi connectivity index (χ4n) is 4.11. The zero-order chi connectivity index (χ0) is 18.9. The number of carbonyl (C=O) groups excluding carboxylic acids is 1. The SMILES string of the molecule is O=C(C1CC1)N1CC[C@@H](Cn2ccnc2-c2ccc(-c3cccnc3)cc2)C1. The highest BCUT2D eigenvalue weighted by atomic mass is 16.2. The van der Waals surface area contributed by atoms with Gasteiger partial charge in [-0.3, -0.25) is 9.78 Å². The third-order valence-corrected chi connectivity index (χ3v) is 5.83. The topological polar surface area (TPSA) is 51.0 Å². The Balaban J connectivity index is 1.29. The van der Waals surface area contributed by atoms with Crippen LogP contribution in [0.3, 0.4) is 0 Å². The van der Waals surface area contributed by atoms with E-state index >= 15 is 0 Å². The Hall–Kier alpha value is -2.95. The minimum absolute atomic E-state index is 0.320. The number of pyridine rings is 1. The number of aromatic nitrogens is 3. The first-order valence-electron chi connectivity index (χ1n) is 10.1. The Morgan fingerprint density at radius 2 is 1.82 bits per heavy atom. The maximum Gasteiger partial charge on any atom is 0.225 e. The van der Waals surface area contributed by atoms with Crippen molar-refractivity contribution in [1.82, 2.24) is 19.4 Å². The molecule has 0 bridgehead atoms. The van der Waals surface area contributed by atoms with Crippen LogP contribution >= 0.6 is 0 Å². The molecule has 3 aromatic rings. The fraction of sp³-hybridized carbons (Fsp3) is 0.348. The Kier molecular flexibility index (Phi) is 4.43. The molecule has 0 radical (unpaired) electrons. The lowest BCUT2D eigenvalue weighted by Crippen LogP contribution is -2.30. The lowest BCUT2D eigenvalue weighted by Gasteiger charge is -2.17. The second-order valence-corrected chi connectivity index (χ2v) is 7.94. The molecule has 5 rings (SSSR count). The van der Waals surface area contributed by atoms with Crippen LogP contribution in [0.25, 0.3) is 22.5 Å². The molecule has 2 fully saturated rings. The smallest absolute Gasteiger partial charge is 0.225 e. The molecule has 5 heteroatoms. The number of imidazole rings is 1. The van der Waals surface area contributed by atoms with E-state index in [9.17, 15) is 4.79 Å². The first-order chi connectivity index (χ1) is 13.8. The number of carbonyl (C=O) groups is 1. The summed E-state index contributed by atoms with van der Waals surface area (Å²) in [5.74, 6) is 2.19. The van der Waals surface area contributed by atoms with Gasteiger partial charge in [-0.2, -0.15) is 0 Å². The molecule has 0 unspecified atom stereocenters. The van der Waals surface area contributed by atoms with Crippen LogP contribution in [0.4, 0.5) is 0 Å². The van der Waals surface area contributed by atoms with Gasteiger partial charge in [-0.25, -0.2) is 4.98 Å². The van der Waals surface area contributed by atoms with Gasteiger partial charge in [0.25, 0.3) is 0 Å². The number of likely N-dealkylation sites (tertiary alicyclic amines) is 1. The molecular formula is C23H24N4O. The average Bonchev–Trinajstić information content (AvgIpc) is 3.32. The molecule has 28 heavy (non-hydrogen) atoms. The molecule has 0 spiro atoms. The molecule has 1 amide bonds. The molecule has 1 saturated carbocycles. The summed E-state index contributed by atoms with van der Waals surface area (Å²) in [7, 11) is 0. The lowest BCUT2D eigenvalue weighted by atomic mass is 10.1. The van der Waals surface area contributed by atoms with Crippen molar-refractivity contribution in [2.45, 2.75) is 25.8 Å². The third kappa shape index (κ3) is 3.44. The van der Waals surface area contributed by atoms with Crippen molar-refractivity contribution < 1.29 is 4.79 Å². The van der Waals surface area contributed by atoms with E-state index in [0.717, 1.165) is 61.4 Å². The first kappa shape index (κ1) is 17.2. The Labute approximate surface area is 165 Å². The van der Waals surface area contributed by atoms with Crippen molar-refractivity contribution in [2.75, 3.05) is 13.1 Å². The second-order valence-electron chi connectivity index (χ2n) is 7.94. The highest BCUT2D eigenvalue weighted by Gasteiger charge is 2.36. The number of nitrogens with zero attached hydrogens (tertiary/aromatic N) is 4. The van der Waals surface area contributed by atoms with Gasteiger partial charge >= 0.3 is 0 Å². The van der Waals surface area contributed by atoms with Gasteiger partial charge in [-0.1, -0.05) is 30.3 Å². The molecule has 1 aliphatic heterocycles. The van der Waals surface area contributed by atoms with E-state index < -0.39 is 0 Å². The Bertz CT molecular complexity index is 960. The predicted octanol–water partition coefficient (Wildman–Crippen LogP) is 3.87. The molecule has 1 aliphatic carbocycles. The third-order valence-electron chi connectivity index (χ3n) is 5.83. The van der Waals surface area contributed by atoms with Crippen molar-refractivity contribution in [2.24, 2.45) is 11.8 Å². The molecular weight excluding hydrogens is 348 g/mol. The summed E-state index contributed by atoms with van der Waals surface area (Å²) in [5, 5.41) is 0. The number of amides is 1. The predicted molar refractivity (Wildman–Crippen MR) is 108 cm³/mol. The summed E-state index contributed by atoms with van der Waals surface area (Å²) < 4.78 is 2.23. The molecule has 3 heterocycles. The molecule has 1 saturated heterocycles. The van der Waals surface area contributed by atoms with Crippen LogP contribution in [-0.4, -0.2) is 38.4 Å². The van der Waals surface area contributed by atoms with Crippen molar-refractivity contribution in [3.63, 3.8) is 0 Å². The van der Waals surface area contributed by atoms with E-state index in [-0.39, 0.29) is 0 Å². The van der Waals surface area contributed by atoms with Gasteiger partial charge in [0.2, 0.25) is 5.91 Å². The van der Waals surface area contributed by atoms with Crippen LogP contribution < -0.4 is 0 Å². The number of hydrogen-bond donors (Lipinski definition) is 0. The van der Waals surface area contributed by atoms with E-state index in [0.29, 0.717) is 17.7 Å². The van der Waals surface area contributed by atoms with E-state index in [1.54, 1.807) is 6.20 Å². The molecule has 2 aromatic heterocycles. The maximum absolute atomic E-state index is 12.3. The zero-order valence-corrected chi connectivity index (χ0v) is 15.9. The van der Waals surface area contributed by atoms with E-state index in [2.05, 4.69) is 56.0 Å². The van der Waals surface area contributed by atoms with Gasteiger partial charge in [-0.05, 0) is 42.4 Å². The summed E-state index contributed by atoms with van der Waals surface area (Å²) in [4.78, 5) is 23.2. The van der Waals surface area contributed by atoms with Crippen LogP contribution in [0, 0.1) is 11.8 Å². The minimum atomic E-state index is 0.320. The molecule has 1 aromatic carbocycles. The standard InChI is InChI=1S/C23H24N4O/c28-23(20-7-8-20)27-12-9-17(16-27)15-26-13-11-25-22(26)19-5-3-18(4-6-19)21-2-1-10-24-14-21/h1-6,10-11,13-14,17,20H,7-9,12,15-16H2/t17-/m0/s1. The van der Waals surface area contributed by atoms with Crippen LogP contribution in [0.2, 0.25) is 0 Å². The minimum Gasteiger partial charge on any atom is -0.342 e. The normalized spacial score (nSPS) is 19.1. The summed E-state index contributed by atoms with van der Waals surface area (Å²) in [5.41, 5.74) is 3.38. The largest absolute Gasteiger partial charge is 0.342 e. The quantitative estimate of drug-likeness (QED) is 0.683. The Morgan fingerprint density at radius 3 is 2.57 bits per heavy atom. The molecule has 142 valence electrons. The van der Waals surface area contributed by atoms with E-state index in [1.165, 1.54) is 0 Å². The zero-order valence-electron chi connectivity index (χ0n) is 15.9. The molecule has 1 atom stereocenters. The van der Waals surface area contributed by atoms with Crippen molar-refractivity contribution >= 4 is 5.91 Å². The van der Waals surface area contributed by atoms with Gasteiger partial charge < -0.3 is 9.47 Å². The highest BCUT2D eigenvalue weighted by Crippen LogP contribution is 2.33. The number of hydrogen-bond acceptors (Lipinski definition) is 3. The summed E-state index contributed by atoms with van der Waals surface area (Å²) >= 11 is 0. The van der Waals surface area contributed by atoms with Gasteiger partial charge in [0.05, 0.1) is 0 Å². The molecule has 0 N–H and O–H groups in total.